The molecule has 0 aliphatic rings. The lowest BCUT2D eigenvalue weighted by Crippen LogP contribution is -2.12. The van der Waals surface area contributed by atoms with Gasteiger partial charge in [-0.15, -0.1) is 0 Å². The summed E-state index contributed by atoms with van der Waals surface area (Å²) in [6, 6.07) is 13.6. The number of benzene rings is 1. The number of hydrogen-bond acceptors (Lipinski definition) is 3. The molecule has 0 spiro atoms. The van der Waals surface area contributed by atoms with Crippen molar-refractivity contribution in [2.45, 2.75) is 6.54 Å². The maximum atomic E-state index is 8.63. The predicted octanol–water partition coefficient (Wildman–Crippen LogP) is 2.18. The Morgan fingerprint density at radius 2 is 2.00 bits per heavy atom. The molecule has 0 aliphatic carbocycles. The van der Waals surface area contributed by atoms with Crippen molar-refractivity contribution in [3.63, 3.8) is 0 Å². The molecule has 2 aromatic heterocycles. The van der Waals surface area contributed by atoms with Crippen molar-refractivity contribution in [1.29, 1.82) is 0 Å². The molecule has 5 nitrogen and oxygen atoms in total. The number of nitrogens with two attached hydrogens (primary N) is 1. The van der Waals surface area contributed by atoms with Gasteiger partial charge in [0.05, 0.1) is 0 Å². The molecule has 0 radical (unpaired) electrons. The van der Waals surface area contributed by atoms with Crippen molar-refractivity contribution >= 4 is 16.9 Å². The van der Waals surface area contributed by atoms with Gasteiger partial charge < -0.3 is 15.5 Å². The molecule has 0 amide bonds. The van der Waals surface area contributed by atoms with Crippen molar-refractivity contribution in [1.82, 2.24) is 9.55 Å². The van der Waals surface area contributed by atoms with Gasteiger partial charge in [-0.2, -0.15) is 0 Å². The highest BCUT2D eigenvalue weighted by atomic mass is 16.4. The Balaban J connectivity index is 1.88. The first-order valence-electron chi connectivity index (χ1n) is 6.24. The summed E-state index contributed by atoms with van der Waals surface area (Å²) in [5.41, 5.74) is 8.33. The van der Waals surface area contributed by atoms with Crippen LogP contribution >= 0.6 is 0 Å². The van der Waals surface area contributed by atoms with Crippen LogP contribution in [0.1, 0.15) is 11.1 Å². The van der Waals surface area contributed by atoms with Crippen LogP contribution in [0.2, 0.25) is 0 Å². The maximum absolute atomic E-state index is 8.63. The highest BCUT2D eigenvalue weighted by Crippen LogP contribution is 2.14. The molecule has 0 saturated carbocycles. The van der Waals surface area contributed by atoms with E-state index in [4.69, 9.17) is 10.9 Å². The number of amidine groups is 1. The third-order valence-corrected chi connectivity index (χ3v) is 3.23. The minimum absolute atomic E-state index is 0.115. The fourth-order valence-electron chi connectivity index (χ4n) is 2.18. The van der Waals surface area contributed by atoms with Gasteiger partial charge in [0.1, 0.15) is 5.65 Å². The molecular weight excluding hydrogens is 252 g/mol. The predicted molar refractivity (Wildman–Crippen MR) is 77.8 cm³/mol. The van der Waals surface area contributed by atoms with Crippen molar-refractivity contribution in [3.05, 3.63) is 66.0 Å². The summed E-state index contributed by atoms with van der Waals surface area (Å²) in [4.78, 5) is 4.39. The number of rotatable bonds is 3. The highest BCUT2D eigenvalue weighted by molar-refractivity contribution is 5.96. The van der Waals surface area contributed by atoms with Crippen molar-refractivity contribution in [2.75, 3.05) is 0 Å². The lowest BCUT2D eigenvalue weighted by atomic mass is 10.1. The normalized spacial score (nSPS) is 11.9. The van der Waals surface area contributed by atoms with Crippen LogP contribution < -0.4 is 5.73 Å². The summed E-state index contributed by atoms with van der Waals surface area (Å²) in [5.74, 6) is 0.115. The molecule has 3 N–H and O–H groups in total. The minimum atomic E-state index is 0.115. The van der Waals surface area contributed by atoms with Crippen LogP contribution in [-0.4, -0.2) is 20.6 Å². The summed E-state index contributed by atoms with van der Waals surface area (Å²) in [5, 5.41) is 12.7. The lowest BCUT2D eigenvalue weighted by Gasteiger charge is -2.06. The number of fused-ring (bicyclic) bond motifs is 1. The van der Waals surface area contributed by atoms with Crippen LogP contribution in [0, 0.1) is 0 Å². The Hall–Kier alpha value is -2.82. The second kappa shape index (κ2) is 5.05. The first kappa shape index (κ1) is 12.2. The molecule has 100 valence electrons. The van der Waals surface area contributed by atoms with E-state index in [0.717, 1.165) is 23.1 Å². The van der Waals surface area contributed by atoms with E-state index in [-0.39, 0.29) is 5.84 Å². The van der Waals surface area contributed by atoms with Crippen molar-refractivity contribution < 1.29 is 5.21 Å². The van der Waals surface area contributed by atoms with Crippen LogP contribution in [-0.2, 0) is 6.54 Å². The SMILES string of the molecule is NC(=NO)c1ccc(Cn2ccc3cccnc32)cc1. The molecule has 0 bridgehead atoms. The third-order valence-electron chi connectivity index (χ3n) is 3.23. The van der Waals surface area contributed by atoms with Crippen LogP contribution in [0.15, 0.2) is 60.0 Å². The van der Waals surface area contributed by atoms with Gasteiger partial charge in [0.2, 0.25) is 0 Å². The van der Waals surface area contributed by atoms with Crippen LogP contribution in [0.3, 0.4) is 0 Å². The van der Waals surface area contributed by atoms with Gasteiger partial charge in [0.15, 0.2) is 5.84 Å². The number of oxime groups is 1. The molecule has 3 aromatic rings. The Labute approximate surface area is 116 Å². The van der Waals surface area contributed by atoms with Gasteiger partial charge in [-0.1, -0.05) is 29.4 Å². The van der Waals surface area contributed by atoms with Crippen LogP contribution in [0.4, 0.5) is 0 Å². The minimum Gasteiger partial charge on any atom is -0.409 e. The van der Waals surface area contributed by atoms with E-state index < -0.39 is 0 Å². The van der Waals surface area contributed by atoms with Crippen LogP contribution in [0.25, 0.3) is 11.0 Å². The second-order valence-electron chi connectivity index (χ2n) is 4.54. The molecule has 1 aromatic carbocycles. The molecular formula is C15H14N4O. The molecule has 2 heterocycles. The Bertz CT molecular complexity index is 759. The third kappa shape index (κ3) is 2.21. The molecule has 3 rings (SSSR count). The topological polar surface area (TPSA) is 76.4 Å². The molecule has 5 heteroatoms. The summed E-state index contributed by atoms with van der Waals surface area (Å²) >= 11 is 0. The first-order valence-corrected chi connectivity index (χ1v) is 6.24. The van der Waals surface area contributed by atoms with Crippen molar-refractivity contribution in [2.24, 2.45) is 10.9 Å². The highest BCUT2D eigenvalue weighted by Gasteiger charge is 2.03. The van der Waals surface area contributed by atoms with Gasteiger partial charge >= 0.3 is 0 Å². The van der Waals surface area contributed by atoms with E-state index >= 15 is 0 Å². The van der Waals surface area contributed by atoms with Crippen LogP contribution in [0.5, 0.6) is 0 Å². The van der Waals surface area contributed by atoms with Crippen molar-refractivity contribution in [3.8, 4) is 0 Å². The van der Waals surface area contributed by atoms with E-state index in [1.54, 1.807) is 6.20 Å². The number of pyridine rings is 1. The fraction of sp³-hybridized carbons (Fsp3) is 0.0667. The average Bonchev–Trinajstić information content (AvgIpc) is 2.91. The van der Waals surface area contributed by atoms with E-state index in [2.05, 4.69) is 14.7 Å². The number of hydrogen-bond donors (Lipinski definition) is 2. The number of nitrogens with zero attached hydrogens (tertiary/aromatic N) is 3. The standard InChI is InChI=1S/C15H14N4O/c16-14(18-20)12-5-3-11(4-6-12)10-19-9-7-13-2-1-8-17-15(13)19/h1-9,20H,10H2,(H2,16,18). The Kier molecular flexibility index (Phi) is 3.09. The smallest absolute Gasteiger partial charge is 0.170 e. The fourth-order valence-corrected chi connectivity index (χ4v) is 2.18. The van der Waals surface area contributed by atoms with E-state index in [1.165, 1.54) is 0 Å². The zero-order chi connectivity index (χ0) is 13.9. The van der Waals surface area contributed by atoms with E-state index in [1.807, 2.05) is 48.7 Å². The number of aromatic nitrogens is 2. The average molecular weight is 266 g/mol. The molecule has 0 fully saturated rings. The van der Waals surface area contributed by atoms with E-state index in [9.17, 15) is 0 Å². The van der Waals surface area contributed by atoms with Gasteiger partial charge in [0, 0.05) is 29.9 Å². The molecule has 20 heavy (non-hydrogen) atoms. The lowest BCUT2D eigenvalue weighted by molar-refractivity contribution is 0.318. The Morgan fingerprint density at radius 1 is 1.20 bits per heavy atom. The quantitative estimate of drug-likeness (QED) is 0.330. The molecule has 0 unspecified atom stereocenters. The first-order chi connectivity index (χ1) is 9.78. The summed E-state index contributed by atoms with van der Waals surface area (Å²) in [7, 11) is 0. The zero-order valence-electron chi connectivity index (χ0n) is 10.8. The molecule has 0 atom stereocenters. The van der Waals surface area contributed by atoms with Gasteiger partial charge in [-0.25, -0.2) is 4.98 Å². The Morgan fingerprint density at radius 3 is 2.75 bits per heavy atom. The summed E-state index contributed by atoms with van der Waals surface area (Å²) < 4.78 is 2.09. The largest absolute Gasteiger partial charge is 0.409 e. The molecule has 0 saturated heterocycles. The monoisotopic (exact) mass is 266 g/mol. The second-order valence-corrected chi connectivity index (χ2v) is 4.54. The van der Waals surface area contributed by atoms with E-state index in [0.29, 0.717) is 5.56 Å². The van der Waals surface area contributed by atoms with Gasteiger partial charge in [-0.3, -0.25) is 0 Å². The summed E-state index contributed by atoms with van der Waals surface area (Å²) in [6.45, 7) is 0.733. The zero-order valence-corrected chi connectivity index (χ0v) is 10.8. The summed E-state index contributed by atoms with van der Waals surface area (Å²) in [6.07, 6.45) is 3.81. The van der Waals surface area contributed by atoms with Gasteiger partial charge in [0.25, 0.3) is 0 Å². The van der Waals surface area contributed by atoms with Gasteiger partial charge in [-0.05, 0) is 23.8 Å². The molecule has 0 aliphatic heterocycles. The maximum Gasteiger partial charge on any atom is 0.170 e.